The van der Waals surface area contributed by atoms with E-state index in [1.54, 1.807) is 17.7 Å². The first-order valence-corrected chi connectivity index (χ1v) is 13.5. The van der Waals surface area contributed by atoms with Crippen molar-refractivity contribution < 1.29 is 32.3 Å². The lowest BCUT2D eigenvalue weighted by Gasteiger charge is -2.18. The van der Waals surface area contributed by atoms with Gasteiger partial charge in [-0.05, 0) is 18.4 Å². The average molecular weight is 542 g/mol. The van der Waals surface area contributed by atoms with Gasteiger partial charge in [0.1, 0.15) is 23.8 Å². The summed E-state index contributed by atoms with van der Waals surface area (Å²) in [4.78, 5) is 24.9. The minimum atomic E-state index is -4.54. The summed E-state index contributed by atoms with van der Waals surface area (Å²) in [6.45, 7) is 4.94. The molecule has 1 aliphatic rings. The van der Waals surface area contributed by atoms with E-state index in [1.165, 1.54) is 10.9 Å². The number of aliphatic hydroxyl groups excluding tert-OH is 2. The van der Waals surface area contributed by atoms with Crippen LogP contribution < -0.4 is 16.2 Å². The molecule has 6 atom stereocenters. The lowest BCUT2D eigenvalue weighted by Crippen LogP contribution is -2.47. The molecule has 7 N–H and O–H groups in total. The first-order chi connectivity index (χ1) is 17.5. The maximum absolute atomic E-state index is 12.2. The molecule has 0 radical (unpaired) electrons. The quantitative estimate of drug-likeness (QED) is 0.224. The van der Waals surface area contributed by atoms with Crippen LogP contribution in [-0.2, 0) is 24.0 Å². The Balaban J connectivity index is 1.72. The Bertz CT molecular complexity index is 1220. The SMILES string of the molecule is CCCC/C=C/c1nc(N)c2ncn([C@H]3O[C@@H](COS(=O)(=O)NC(=O)[C@@H](N)[C@H](C)CC)[C@H](O)[C@@H]3O)c2n1. The number of allylic oxidation sites excluding steroid dienone is 1. The number of rotatable bonds is 12. The second-order valence-corrected chi connectivity index (χ2v) is 10.3. The number of amides is 1. The number of fused-ring (bicyclic) bond motifs is 1. The molecule has 3 rings (SSSR count). The Morgan fingerprint density at radius 2 is 2.05 bits per heavy atom. The zero-order chi connectivity index (χ0) is 27.3. The van der Waals surface area contributed by atoms with Crippen LogP contribution >= 0.6 is 0 Å². The van der Waals surface area contributed by atoms with Gasteiger partial charge < -0.3 is 26.4 Å². The Labute approximate surface area is 215 Å². The summed E-state index contributed by atoms with van der Waals surface area (Å²) in [5.41, 5.74) is 12.3. The van der Waals surface area contributed by atoms with Crippen LogP contribution in [0.3, 0.4) is 0 Å². The fraction of sp³-hybridized carbons (Fsp3) is 0.636. The Morgan fingerprint density at radius 1 is 1.32 bits per heavy atom. The molecule has 0 aliphatic carbocycles. The van der Waals surface area contributed by atoms with Crippen molar-refractivity contribution in [3.8, 4) is 0 Å². The van der Waals surface area contributed by atoms with Gasteiger partial charge in [-0.3, -0.25) is 13.5 Å². The molecule has 0 unspecified atom stereocenters. The van der Waals surface area contributed by atoms with Crippen LogP contribution in [-0.4, -0.2) is 75.0 Å². The fourth-order valence-electron chi connectivity index (χ4n) is 3.71. The third kappa shape index (κ3) is 6.80. The number of hydrogen-bond donors (Lipinski definition) is 5. The van der Waals surface area contributed by atoms with Gasteiger partial charge in [0.15, 0.2) is 23.5 Å². The molecular weight excluding hydrogens is 506 g/mol. The second kappa shape index (κ2) is 12.2. The monoisotopic (exact) mass is 541 g/mol. The van der Waals surface area contributed by atoms with Crippen LogP contribution in [0.2, 0.25) is 0 Å². The minimum absolute atomic E-state index is 0.129. The number of nitrogens with zero attached hydrogens (tertiary/aromatic N) is 4. The van der Waals surface area contributed by atoms with Crippen molar-refractivity contribution in [2.45, 2.75) is 77.0 Å². The van der Waals surface area contributed by atoms with Crippen LogP contribution in [0, 0.1) is 5.92 Å². The van der Waals surface area contributed by atoms with E-state index < -0.39 is 53.4 Å². The van der Waals surface area contributed by atoms with Gasteiger partial charge in [0, 0.05) is 0 Å². The molecule has 3 heterocycles. The molecule has 1 saturated heterocycles. The van der Waals surface area contributed by atoms with E-state index in [4.69, 9.17) is 20.4 Å². The first-order valence-electron chi connectivity index (χ1n) is 12.1. The molecule has 14 nitrogen and oxygen atoms in total. The number of ether oxygens (including phenoxy) is 1. The number of imidazole rings is 1. The van der Waals surface area contributed by atoms with E-state index in [0.717, 1.165) is 19.3 Å². The van der Waals surface area contributed by atoms with Gasteiger partial charge in [-0.25, -0.2) is 19.7 Å². The number of hydrogen-bond acceptors (Lipinski definition) is 12. The van der Waals surface area contributed by atoms with Crippen molar-refractivity contribution >= 4 is 39.3 Å². The van der Waals surface area contributed by atoms with Gasteiger partial charge in [-0.1, -0.05) is 46.1 Å². The number of aliphatic hydroxyl groups is 2. The normalized spacial score (nSPS) is 24.1. The van der Waals surface area contributed by atoms with Gasteiger partial charge in [0.2, 0.25) is 0 Å². The predicted octanol–water partition coefficient (Wildman–Crippen LogP) is -0.0179. The molecule has 2 aromatic rings. The average Bonchev–Trinajstić information content (AvgIpc) is 3.40. The maximum atomic E-state index is 12.2. The fourth-order valence-corrected chi connectivity index (χ4v) is 4.47. The van der Waals surface area contributed by atoms with Crippen molar-refractivity contribution in [3.63, 3.8) is 0 Å². The van der Waals surface area contributed by atoms with Crippen molar-refractivity contribution in [1.29, 1.82) is 0 Å². The molecule has 15 heteroatoms. The molecule has 1 fully saturated rings. The van der Waals surface area contributed by atoms with Gasteiger partial charge in [0.05, 0.1) is 19.0 Å². The zero-order valence-corrected chi connectivity index (χ0v) is 21.8. The lowest BCUT2D eigenvalue weighted by atomic mass is 10.00. The standard InChI is InChI=1S/C22H35N7O7S/c1-4-6-7-8-9-14-26-19(24)16-20(27-14)29(11-25-16)22-18(31)17(30)13(36-22)10-35-37(33,34)28-21(32)15(23)12(3)5-2/h8-9,11-13,15,17-18,22,30-31H,4-7,10,23H2,1-3H3,(H,28,32)(H2,24,26,27)/b9-8+/t12-,13+,15+,17+,18+,22+/m1/s1. The highest BCUT2D eigenvalue weighted by Gasteiger charge is 2.45. The molecule has 206 valence electrons. The van der Waals surface area contributed by atoms with Crippen LogP contribution in [0.5, 0.6) is 0 Å². The van der Waals surface area contributed by atoms with Gasteiger partial charge in [0.25, 0.3) is 5.91 Å². The van der Waals surface area contributed by atoms with Crippen LogP contribution in [0.15, 0.2) is 12.4 Å². The largest absolute Gasteiger partial charge is 0.387 e. The Morgan fingerprint density at radius 3 is 2.73 bits per heavy atom. The first kappa shape index (κ1) is 28.9. The number of anilines is 1. The number of nitrogens with one attached hydrogen (secondary N) is 1. The highest BCUT2D eigenvalue weighted by Crippen LogP contribution is 2.32. The molecule has 0 bridgehead atoms. The summed E-state index contributed by atoms with van der Waals surface area (Å²) < 4.78 is 38.1. The number of unbranched alkanes of at least 4 members (excludes halogenated alkanes) is 2. The summed E-state index contributed by atoms with van der Waals surface area (Å²) >= 11 is 0. The minimum Gasteiger partial charge on any atom is -0.387 e. The molecule has 2 aromatic heterocycles. The molecular formula is C22H35N7O7S. The number of nitrogens with two attached hydrogens (primary N) is 2. The van der Waals surface area contributed by atoms with Gasteiger partial charge in [-0.15, -0.1) is 0 Å². The van der Waals surface area contributed by atoms with E-state index in [1.807, 2.05) is 13.0 Å². The molecule has 0 spiro atoms. The van der Waals surface area contributed by atoms with Crippen LogP contribution in [0.25, 0.3) is 17.2 Å². The lowest BCUT2D eigenvalue weighted by molar-refractivity contribution is -0.121. The molecule has 37 heavy (non-hydrogen) atoms. The zero-order valence-electron chi connectivity index (χ0n) is 21.0. The third-order valence-electron chi connectivity index (χ3n) is 6.24. The summed E-state index contributed by atoms with van der Waals surface area (Å²) in [5.74, 6) is -0.694. The topological polar surface area (TPSA) is 218 Å². The Hall–Kier alpha value is -2.69. The smallest absolute Gasteiger partial charge is 0.362 e. The van der Waals surface area contributed by atoms with Crippen LogP contribution in [0.1, 0.15) is 58.5 Å². The van der Waals surface area contributed by atoms with Crippen molar-refractivity contribution in [3.05, 3.63) is 18.2 Å². The number of aromatic nitrogens is 4. The van der Waals surface area contributed by atoms with Crippen molar-refractivity contribution in [2.75, 3.05) is 12.3 Å². The number of carbonyl (C=O) groups is 1. The van der Waals surface area contributed by atoms with Crippen LogP contribution in [0.4, 0.5) is 5.82 Å². The van der Waals surface area contributed by atoms with E-state index in [2.05, 4.69) is 21.9 Å². The van der Waals surface area contributed by atoms with E-state index in [9.17, 15) is 23.4 Å². The maximum Gasteiger partial charge on any atom is 0.362 e. The highest BCUT2D eigenvalue weighted by atomic mass is 32.2. The summed E-state index contributed by atoms with van der Waals surface area (Å²) in [5, 5.41) is 21.1. The van der Waals surface area contributed by atoms with E-state index in [0.29, 0.717) is 12.2 Å². The second-order valence-electron chi connectivity index (χ2n) is 9.00. The summed E-state index contributed by atoms with van der Waals surface area (Å²) in [6.07, 6.45) is 3.07. The third-order valence-corrected chi connectivity index (χ3v) is 7.14. The number of nitrogen functional groups attached to an aromatic ring is 1. The van der Waals surface area contributed by atoms with Gasteiger partial charge in [-0.2, -0.15) is 8.42 Å². The molecule has 1 aliphatic heterocycles. The summed E-state index contributed by atoms with van der Waals surface area (Å²) in [7, 11) is -4.54. The van der Waals surface area contributed by atoms with Gasteiger partial charge >= 0.3 is 10.3 Å². The van der Waals surface area contributed by atoms with E-state index in [-0.39, 0.29) is 22.9 Å². The summed E-state index contributed by atoms with van der Waals surface area (Å²) in [6, 6.07) is -1.04. The Kier molecular flexibility index (Phi) is 9.55. The highest BCUT2D eigenvalue weighted by molar-refractivity contribution is 7.85. The predicted molar refractivity (Wildman–Crippen MR) is 135 cm³/mol. The van der Waals surface area contributed by atoms with E-state index >= 15 is 0 Å². The van der Waals surface area contributed by atoms with Crippen molar-refractivity contribution in [2.24, 2.45) is 11.7 Å². The molecule has 0 aromatic carbocycles. The molecule has 1 amide bonds. The number of carbonyl (C=O) groups excluding carboxylic acids is 1. The van der Waals surface area contributed by atoms with Crippen molar-refractivity contribution in [1.82, 2.24) is 24.2 Å². The molecule has 0 saturated carbocycles.